The fourth-order valence-electron chi connectivity index (χ4n) is 4.26. The van der Waals surface area contributed by atoms with Crippen molar-refractivity contribution in [2.24, 2.45) is 5.92 Å². The van der Waals surface area contributed by atoms with E-state index in [0.29, 0.717) is 22.8 Å². The van der Waals surface area contributed by atoms with Crippen LogP contribution in [0.25, 0.3) is 0 Å². The number of aromatic hydroxyl groups is 1. The monoisotopic (exact) mass is 468 g/mol. The molecule has 0 aliphatic carbocycles. The summed E-state index contributed by atoms with van der Waals surface area (Å²) < 4.78 is 42.8. The predicted octanol–water partition coefficient (Wildman–Crippen LogP) is 3.40. The Labute approximate surface area is 192 Å². The van der Waals surface area contributed by atoms with Crippen molar-refractivity contribution in [2.75, 3.05) is 6.79 Å². The minimum atomic E-state index is -3.81. The molecule has 3 N–H and O–H groups in total. The minimum absolute atomic E-state index is 0.118. The van der Waals surface area contributed by atoms with Gasteiger partial charge < -0.3 is 19.3 Å². The lowest BCUT2D eigenvalue weighted by Gasteiger charge is -2.38. The number of sulfonamides is 1. The van der Waals surface area contributed by atoms with Crippen LogP contribution in [0.3, 0.4) is 0 Å². The van der Waals surface area contributed by atoms with Gasteiger partial charge in [0.25, 0.3) is 10.0 Å². The van der Waals surface area contributed by atoms with Crippen molar-refractivity contribution in [1.82, 2.24) is 10.3 Å². The summed E-state index contributed by atoms with van der Waals surface area (Å²) in [6.07, 6.45) is -0.720. The van der Waals surface area contributed by atoms with Gasteiger partial charge >= 0.3 is 0 Å². The molecule has 2 aliphatic rings. The first-order valence-corrected chi connectivity index (χ1v) is 12.0. The largest absolute Gasteiger partial charge is 0.508 e. The minimum Gasteiger partial charge on any atom is -0.508 e. The fourth-order valence-corrected chi connectivity index (χ4v) is 5.14. The zero-order valence-corrected chi connectivity index (χ0v) is 18.9. The lowest BCUT2D eigenvalue weighted by molar-refractivity contribution is 0.0733. The quantitative estimate of drug-likeness (QED) is 0.493. The summed E-state index contributed by atoms with van der Waals surface area (Å²) in [6, 6.07) is 17.3. The molecule has 8 nitrogen and oxygen atoms in total. The molecule has 3 aromatic rings. The third kappa shape index (κ3) is 3.99. The van der Waals surface area contributed by atoms with E-state index in [2.05, 4.69) is 10.3 Å². The number of phenolic OH excluding ortho intramolecular Hbond substituents is 1. The van der Waals surface area contributed by atoms with Crippen molar-refractivity contribution < 1.29 is 27.7 Å². The van der Waals surface area contributed by atoms with Crippen LogP contribution >= 0.6 is 0 Å². The molecule has 0 spiro atoms. The van der Waals surface area contributed by atoms with E-state index < -0.39 is 16.3 Å². The van der Waals surface area contributed by atoms with Gasteiger partial charge in [0.15, 0.2) is 17.7 Å². The summed E-state index contributed by atoms with van der Waals surface area (Å²) in [7, 11) is -3.81. The molecule has 2 aliphatic heterocycles. The molecule has 0 saturated carbocycles. The number of nitrogens with one attached hydrogen (secondary N) is 2. The van der Waals surface area contributed by atoms with Gasteiger partial charge in [0, 0.05) is 29.0 Å². The Balaban J connectivity index is 1.48. The molecule has 0 fully saturated rings. The number of ether oxygens (including phenoxy) is 3. The van der Waals surface area contributed by atoms with Crippen molar-refractivity contribution in [3.63, 3.8) is 0 Å². The molecule has 0 saturated heterocycles. The molecule has 3 atom stereocenters. The number of para-hydroxylation sites is 1. The molecule has 172 valence electrons. The number of benzene rings is 3. The Hall–Kier alpha value is -3.27. The van der Waals surface area contributed by atoms with E-state index in [1.807, 2.05) is 32.0 Å². The molecule has 2 heterocycles. The number of phenols is 1. The second-order valence-electron chi connectivity index (χ2n) is 8.24. The maximum absolute atomic E-state index is 12.8. The van der Waals surface area contributed by atoms with Gasteiger partial charge in [-0.3, -0.25) is 0 Å². The summed E-state index contributed by atoms with van der Waals surface area (Å²) in [5.74, 6) is 1.30. The van der Waals surface area contributed by atoms with E-state index >= 15 is 0 Å². The second kappa shape index (κ2) is 8.26. The number of fused-ring (bicyclic) bond motifs is 2. The Morgan fingerprint density at radius 2 is 1.64 bits per heavy atom. The summed E-state index contributed by atoms with van der Waals surface area (Å²) in [4.78, 5) is 2.59. The average molecular weight is 469 g/mol. The van der Waals surface area contributed by atoms with E-state index in [0.717, 1.165) is 11.1 Å². The number of hydrazine groups is 1. The van der Waals surface area contributed by atoms with E-state index in [1.165, 1.54) is 0 Å². The van der Waals surface area contributed by atoms with Crippen LogP contribution in [0.5, 0.6) is 23.0 Å². The highest BCUT2D eigenvalue weighted by atomic mass is 32.2. The molecule has 0 radical (unpaired) electrons. The van der Waals surface area contributed by atoms with Crippen LogP contribution in [0.15, 0.2) is 65.6 Å². The van der Waals surface area contributed by atoms with Crippen LogP contribution in [0, 0.1) is 12.8 Å². The van der Waals surface area contributed by atoms with Crippen LogP contribution in [-0.2, 0) is 10.0 Å². The smallest absolute Gasteiger partial charge is 0.253 e. The molecule has 5 rings (SSSR count). The zero-order valence-electron chi connectivity index (χ0n) is 18.1. The van der Waals surface area contributed by atoms with Crippen molar-refractivity contribution >= 4 is 10.0 Å². The molecule has 0 amide bonds. The third-order valence-electron chi connectivity index (χ3n) is 6.04. The van der Waals surface area contributed by atoms with Crippen LogP contribution < -0.4 is 24.5 Å². The van der Waals surface area contributed by atoms with Crippen molar-refractivity contribution in [3.8, 4) is 23.0 Å². The Bertz CT molecular complexity index is 1290. The molecular formula is C24H24N2O6S. The van der Waals surface area contributed by atoms with Crippen molar-refractivity contribution in [1.29, 1.82) is 0 Å². The predicted molar refractivity (Wildman–Crippen MR) is 121 cm³/mol. The Morgan fingerprint density at radius 3 is 2.36 bits per heavy atom. The van der Waals surface area contributed by atoms with Gasteiger partial charge in [0.05, 0.1) is 4.90 Å². The van der Waals surface area contributed by atoms with Gasteiger partial charge in [0.2, 0.25) is 6.79 Å². The van der Waals surface area contributed by atoms with Gasteiger partial charge in [-0.2, -0.15) is 0 Å². The maximum atomic E-state index is 12.8. The highest BCUT2D eigenvalue weighted by molar-refractivity contribution is 7.89. The highest BCUT2D eigenvalue weighted by Gasteiger charge is 2.39. The van der Waals surface area contributed by atoms with Gasteiger partial charge in [-0.25, -0.2) is 13.8 Å². The normalized spacial score (nSPS) is 21.3. The second-order valence-corrected chi connectivity index (χ2v) is 9.92. The topological polar surface area (TPSA) is 106 Å². The standard InChI is InChI=1S/C24H24N2O6S/c1-14-7-9-16(10-8-14)33(28,29)26-25-24-15(2)23(17-5-3-4-6-19(17)27)18-11-21-22(31-13-30-21)12-20(18)32-24/h3-12,15,23-27H,13H2,1-2H3/t15-,23+,24-/m0/s1. The van der Waals surface area contributed by atoms with Crippen LogP contribution in [-0.4, -0.2) is 26.5 Å². The number of hydrogen-bond acceptors (Lipinski definition) is 7. The first kappa shape index (κ1) is 21.6. The van der Waals surface area contributed by atoms with Gasteiger partial charge in [-0.15, -0.1) is 4.83 Å². The van der Waals surface area contributed by atoms with E-state index in [-0.39, 0.29) is 29.3 Å². The summed E-state index contributed by atoms with van der Waals surface area (Å²) in [5.41, 5.74) is 5.34. The zero-order chi connectivity index (χ0) is 23.2. The average Bonchev–Trinajstić information content (AvgIpc) is 3.25. The number of aryl methyl sites for hydroxylation is 1. The van der Waals surface area contributed by atoms with Crippen LogP contribution in [0.2, 0.25) is 0 Å². The van der Waals surface area contributed by atoms with E-state index in [1.54, 1.807) is 42.5 Å². The Morgan fingerprint density at radius 1 is 0.939 bits per heavy atom. The molecule has 0 bridgehead atoms. The third-order valence-corrected chi connectivity index (χ3v) is 7.32. The Kier molecular flexibility index (Phi) is 5.40. The van der Waals surface area contributed by atoms with E-state index in [4.69, 9.17) is 14.2 Å². The molecule has 3 aromatic carbocycles. The van der Waals surface area contributed by atoms with Crippen LogP contribution in [0.4, 0.5) is 0 Å². The van der Waals surface area contributed by atoms with Crippen LogP contribution in [0.1, 0.15) is 29.5 Å². The van der Waals surface area contributed by atoms with Gasteiger partial charge in [-0.1, -0.05) is 42.8 Å². The first-order valence-electron chi connectivity index (χ1n) is 10.6. The van der Waals surface area contributed by atoms with E-state index in [9.17, 15) is 13.5 Å². The molecule has 9 heteroatoms. The molecule has 0 unspecified atom stereocenters. The fraction of sp³-hybridized carbons (Fsp3) is 0.250. The SMILES string of the molecule is Cc1ccc(S(=O)(=O)NN[C@H]2Oc3cc4c(cc3[C@@H](c3ccccc3O)[C@@H]2C)OCO4)cc1. The lowest BCUT2D eigenvalue weighted by atomic mass is 9.78. The maximum Gasteiger partial charge on any atom is 0.253 e. The molecular weight excluding hydrogens is 444 g/mol. The van der Waals surface area contributed by atoms with Gasteiger partial charge in [-0.05, 0) is 31.2 Å². The summed E-state index contributed by atoms with van der Waals surface area (Å²) in [5, 5.41) is 10.6. The van der Waals surface area contributed by atoms with Crippen molar-refractivity contribution in [3.05, 3.63) is 77.4 Å². The molecule has 0 aromatic heterocycles. The lowest BCUT2D eigenvalue weighted by Crippen LogP contribution is -2.52. The van der Waals surface area contributed by atoms with Crippen molar-refractivity contribution in [2.45, 2.75) is 30.9 Å². The first-order chi connectivity index (χ1) is 15.8. The molecule has 33 heavy (non-hydrogen) atoms. The highest BCUT2D eigenvalue weighted by Crippen LogP contribution is 2.50. The van der Waals surface area contributed by atoms with Gasteiger partial charge in [0.1, 0.15) is 11.5 Å². The summed E-state index contributed by atoms with van der Waals surface area (Å²) >= 11 is 0. The number of hydrogen-bond donors (Lipinski definition) is 3. The number of rotatable bonds is 5. The summed E-state index contributed by atoms with van der Waals surface area (Å²) in [6.45, 7) is 3.94.